The van der Waals surface area contributed by atoms with Crippen molar-refractivity contribution < 1.29 is 4.79 Å². The molecular formula is C22H28N6O2. The summed E-state index contributed by atoms with van der Waals surface area (Å²) in [4.78, 5) is 34.3. The van der Waals surface area contributed by atoms with E-state index in [-0.39, 0.29) is 11.5 Å². The fraction of sp³-hybridized carbons (Fsp3) is 0.455. The molecule has 3 heterocycles. The highest BCUT2D eigenvalue weighted by atomic mass is 16.2. The van der Waals surface area contributed by atoms with Crippen molar-refractivity contribution in [3.8, 4) is 5.69 Å². The van der Waals surface area contributed by atoms with Gasteiger partial charge in [0.25, 0.3) is 5.56 Å². The van der Waals surface area contributed by atoms with E-state index >= 15 is 0 Å². The van der Waals surface area contributed by atoms with Crippen LogP contribution in [0.2, 0.25) is 0 Å². The number of amides is 1. The SMILES string of the molecule is Cc1ccc(-n2nc(C)c3nc(CCC(=O)N4CCN(C)CC4)c(=O)n(C)c32)cc1. The number of carbonyl (C=O) groups excluding carboxylic acids is 1. The number of hydrogen-bond acceptors (Lipinski definition) is 5. The maximum Gasteiger partial charge on any atom is 0.273 e. The van der Waals surface area contributed by atoms with E-state index in [2.05, 4.69) is 22.0 Å². The van der Waals surface area contributed by atoms with Gasteiger partial charge in [-0.15, -0.1) is 0 Å². The number of nitrogens with zero attached hydrogens (tertiary/aromatic N) is 6. The molecule has 1 amide bonds. The summed E-state index contributed by atoms with van der Waals surface area (Å²) in [5, 5.41) is 4.62. The second-order valence-corrected chi connectivity index (χ2v) is 8.11. The molecule has 2 aromatic heterocycles. The molecule has 3 aromatic rings. The highest BCUT2D eigenvalue weighted by Gasteiger charge is 2.21. The van der Waals surface area contributed by atoms with Crippen LogP contribution in [0.1, 0.15) is 23.4 Å². The molecule has 0 N–H and O–H groups in total. The van der Waals surface area contributed by atoms with Crippen LogP contribution in [0, 0.1) is 13.8 Å². The summed E-state index contributed by atoms with van der Waals surface area (Å²) in [6, 6.07) is 7.99. The summed E-state index contributed by atoms with van der Waals surface area (Å²) in [5.74, 6) is 0.0825. The third-order valence-electron chi connectivity index (χ3n) is 5.83. The molecule has 1 aromatic carbocycles. The van der Waals surface area contributed by atoms with Crippen LogP contribution in [-0.4, -0.2) is 68.3 Å². The molecule has 0 atom stereocenters. The Kier molecular flexibility index (Phi) is 5.42. The maximum absolute atomic E-state index is 13.0. The molecule has 0 saturated carbocycles. The minimum atomic E-state index is -0.179. The minimum absolute atomic E-state index is 0.0825. The normalized spacial score (nSPS) is 15.1. The Bertz CT molecular complexity index is 1140. The standard InChI is InChI=1S/C22H28N6O2/c1-15-5-7-17(8-6-15)28-21-20(16(2)24-28)23-18(22(30)26(21)4)9-10-19(29)27-13-11-25(3)12-14-27/h5-8H,9-14H2,1-4H3. The average molecular weight is 409 g/mol. The Labute approximate surface area is 175 Å². The first kappa shape index (κ1) is 20.3. The van der Waals surface area contributed by atoms with Crippen LogP contribution in [0.5, 0.6) is 0 Å². The van der Waals surface area contributed by atoms with Crippen LogP contribution in [0.3, 0.4) is 0 Å². The lowest BCUT2D eigenvalue weighted by atomic mass is 10.2. The smallest absolute Gasteiger partial charge is 0.273 e. The lowest BCUT2D eigenvalue weighted by Gasteiger charge is -2.32. The van der Waals surface area contributed by atoms with Gasteiger partial charge in [-0.05, 0) is 33.0 Å². The average Bonchev–Trinajstić information content (AvgIpc) is 3.07. The third kappa shape index (κ3) is 3.75. The fourth-order valence-corrected chi connectivity index (χ4v) is 3.88. The molecule has 0 spiro atoms. The zero-order chi connectivity index (χ0) is 21.4. The molecule has 0 bridgehead atoms. The largest absolute Gasteiger partial charge is 0.340 e. The number of piperazine rings is 1. The monoisotopic (exact) mass is 408 g/mol. The highest BCUT2D eigenvalue weighted by molar-refractivity contribution is 5.77. The van der Waals surface area contributed by atoms with Crippen molar-refractivity contribution >= 4 is 17.1 Å². The van der Waals surface area contributed by atoms with Crippen molar-refractivity contribution in [1.29, 1.82) is 0 Å². The van der Waals surface area contributed by atoms with Gasteiger partial charge in [0.1, 0.15) is 11.2 Å². The van der Waals surface area contributed by atoms with Gasteiger partial charge in [-0.25, -0.2) is 9.67 Å². The number of benzene rings is 1. The predicted octanol–water partition coefficient (Wildman–Crippen LogP) is 1.44. The minimum Gasteiger partial charge on any atom is -0.340 e. The summed E-state index contributed by atoms with van der Waals surface area (Å²) in [6.45, 7) is 7.17. The van der Waals surface area contributed by atoms with Gasteiger partial charge >= 0.3 is 0 Å². The van der Waals surface area contributed by atoms with Crippen molar-refractivity contribution in [1.82, 2.24) is 29.1 Å². The van der Waals surface area contributed by atoms with Crippen molar-refractivity contribution in [2.75, 3.05) is 33.2 Å². The van der Waals surface area contributed by atoms with Crippen molar-refractivity contribution in [2.45, 2.75) is 26.7 Å². The Morgan fingerprint density at radius 3 is 2.37 bits per heavy atom. The molecule has 0 unspecified atom stereocenters. The van der Waals surface area contributed by atoms with Crippen LogP contribution in [0.4, 0.5) is 0 Å². The number of likely N-dealkylation sites (N-methyl/N-ethyl adjacent to an activating group) is 1. The van der Waals surface area contributed by atoms with Gasteiger partial charge in [0.05, 0.1) is 11.4 Å². The second kappa shape index (κ2) is 8.02. The van der Waals surface area contributed by atoms with Crippen molar-refractivity contribution in [3.05, 3.63) is 51.6 Å². The zero-order valence-electron chi connectivity index (χ0n) is 18.1. The lowest BCUT2D eigenvalue weighted by molar-refractivity contribution is -0.132. The van der Waals surface area contributed by atoms with Crippen LogP contribution < -0.4 is 5.56 Å². The van der Waals surface area contributed by atoms with Gasteiger partial charge in [0, 0.05) is 46.1 Å². The van der Waals surface area contributed by atoms with Crippen LogP contribution >= 0.6 is 0 Å². The molecule has 8 heteroatoms. The second-order valence-electron chi connectivity index (χ2n) is 8.11. The number of carbonyl (C=O) groups is 1. The van der Waals surface area contributed by atoms with Gasteiger partial charge in [-0.3, -0.25) is 14.2 Å². The number of hydrogen-bond donors (Lipinski definition) is 0. The van der Waals surface area contributed by atoms with Gasteiger partial charge in [0.15, 0.2) is 5.65 Å². The first-order valence-corrected chi connectivity index (χ1v) is 10.3. The fourth-order valence-electron chi connectivity index (χ4n) is 3.88. The molecule has 1 fully saturated rings. The number of fused-ring (bicyclic) bond motifs is 1. The van der Waals surface area contributed by atoms with Crippen molar-refractivity contribution in [2.24, 2.45) is 7.05 Å². The summed E-state index contributed by atoms with van der Waals surface area (Å²) in [6.07, 6.45) is 0.631. The van der Waals surface area contributed by atoms with Gasteiger partial charge < -0.3 is 9.80 Å². The van der Waals surface area contributed by atoms with E-state index in [0.29, 0.717) is 29.7 Å². The Hall–Kier alpha value is -3.00. The summed E-state index contributed by atoms with van der Waals surface area (Å²) in [5.41, 5.74) is 4.39. The predicted molar refractivity (Wildman–Crippen MR) is 116 cm³/mol. The van der Waals surface area contributed by atoms with E-state index in [0.717, 1.165) is 43.1 Å². The maximum atomic E-state index is 13.0. The molecule has 1 aliphatic rings. The quantitative estimate of drug-likeness (QED) is 0.653. The Morgan fingerprint density at radius 1 is 1.03 bits per heavy atom. The van der Waals surface area contributed by atoms with E-state index in [1.807, 2.05) is 43.0 Å². The van der Waals surface area contributed by atoms with Gasteiger partial charge in [0.2, 0.25) is 5.91 Å². The van der Waals surface area contributed by atoms with Crippen LogP contribution in [-0.2, 0) is 18.3 Å². The van der Waals surface area contributed by atoms with E-state index in [4.69, 9.17) is 0 Å². The molecule has 0 aliphatic carbocycles. The van der Waals surface area contributed by atoms with E-state index in [9.17, 15) is 9.59 Å². The molecule has 4 rings (SSSR count). The molecule has 8 nitrogen and oxygen atoms in total. The van der Waals surface area contributed by atoms with E-state index in [1.165, 1.54) is 0 Å². The summed E-state index contributed by atoms with van der Waals surface area (Å²) >= 11 is 0. The van der Waals surface area contributed by atoms with Crippen LogP contribution in [0.15, 0.2) is 29.1 Å². The molecule has 1 aliphatic heterocycles. The van der Waals surface area contributed by atoms with Gasteiger partial charge in [-0.2, -0.15) is 5.10 Å². The van der Waals surface area contributed by atoms with Gasteiger partial charge in [-0.1, -0.05) is 17.7 Å². The number of aryl methyl sites for hydroxylation is 4. The number of rotatable bonds is 4. The first-order chi connectivity index (χ1) is 14.3. The molecule has 30 heavy (non-hydrogen) atoms. The topological polar surface area (TPSA) is 76.3 Å². The van der Waals surface area contributed by atoms with Crippen LogP contribution in [0.25, 0.3) is 16.9 Å². The molecule has 158 valence electrons. The summed E-state index contributed by atoms with van der Waals surface area (Å²) in [7, 11) is 3.80. The zero-order valence-corrected chi connectivity index (χ0v) is 18.1. The number of aromatic nitrogens is 4. The lowest BCUT2D eigenvalue weighted by Crippen LogP contribution is -2.47. The molecule has 1 saturated heterocycles. The molecular weight excluding hydrogens is 380 g/mol. The Balaban J connectivity index is 1.62. The summed E-state index contributed by atoms with van der Waals surface area (Å²) < 4.78 is 3.36. The Morgan fingerprint density at radius 2 is 1.70 bits per heavy atom. The molecule has 0 radical (unpaired) electrons. The van der Waals surface area contributed by atoms with E-state index < -0.39 is 0 Å². The third-order valence-corrected chi connectivity index (χ3v) is 5.83. The van der Waals surface area contributed by atoms with E-state index in [1.54, 1.807) is 16.3 Å². The van der Waals surface area contributed by atoms with Crippen molar-refractivity contribution in [3.63, 3.8) is 0 Å². The first-order valence-electron chi connectivity index (χ1n) is 10.3. The highest BCUT2D eigenvalue weighted by Crippen LogP contribution is 2.20.